The van der Waals surface area contributed by atoms with Crippen LogP contribution in [0.3, 0.4) is 0 Å². The molecule has 1 fully saturated rings. The van der Waals surface area contributed by atoms with Crippen molar-refractivity contribution in [3.8, 4) is 0 Å². The number of hydrogen-bond donors (Lipinski definition) is 1. The van der Waals surface area contributed by atoms with E-state index in [9.17, 15) is 9.90 Å². The average molecular weight is 262 g/mol. The molecule has 0 saturated heterocycles. The molecule has 0 spiro atoms. The number of fused-ring (bicyclic) bond motifs is 1. The molecule has 5 atom stereocenters. The van der Waals surface area contributed by atoms with Crippen molar-refractivity contribution in [2.75, 3.05) is 6.61 Å². The van der Waals surface area contributed by atoms with Crippen LogP contribution in [-0.4, -0.2) is 23.6 Å². The monoisotopic (exact) mass is 262 g/mol. The highest BCUT2D eigenvalue weighted by Crippen LogP contribution is 2.46. The van der Waals surface area contributed by atoms with E-state index in [0.717, 1.165) is 25.0 Å². The standard InChI is InChI=1S/C16H22O3/c1-10-2-3-11-8-12(17)4-5-14(11)16(10)15-9-13(18)6-7-19-15/h2-3,9-12,14,16-17H,4-8H2,1H3/t10-,11-,12+,14+,16+/m0/s1. The van der Waals surface area contributed by atoms with Gasteiger partial charge in [-0.05, 0) is 37.0 Å². The van der Waals surface area contributed by atoms with Crippen LogP contribution in [-0.2, 0) is 9.53 Å². The first-order valence-electron chi connectivity index (χ1n) is 7.39. The molecule has 3 heteroatoms. The molecule has 1 aliphatic heterocycles. The minimum atomic E-state index is -0.164. The van der Waals surface area contributed by atoms with Gasteiger partial charge in [0.05, 0.1) is 12.7 Å². The summed E-state index contributed by atoms with van der Waals surface area (Å²) in [6, 6.07) is 0. The molecule has 3 nitrogen and oxygen atoms in total. The van der Waals surface area contributed by atoms with Crippen LogP contribution in [0.4, 0.5) is 0 Å². The molecule has 3 rings (SSSR count). The second-order valence-corrected chi connectivity index (χ2v) is 6.18. The number of carbonyl (C=O) groups excluding carboxylic acids is 1. The molecule has 104 valence electrons. The van der Waals surface area contributed by atoms with Crippen molar-refractivity contribution in [2.24, 2.45) is 23.7 Å². The van der Waals surface area contributed by atoms with Crippen molar-refractivity contribution >= 4 is 5.78 Å². The molecule has 1 heterocycles. The van der Waals surface area contributed by atoms with Gasteiger partial charge in [0, 0.05) is 18.4 Å². The average Bonchev–Trinajstić information content (AvgIpc) is 2.39. The van der Waals surface area contributed by atoms with Gasteiger partial charge in [0.2, 0.25) is 0 Å². The Kier molecular flexibility index (Phi) is 3.48. The van der Waals surface area contributed by atoms with E-state index in [2.05, 4.69) is 19.1 Å². The molecule has 0 unspecified atom stereocenters. The molecule has 19 heavy (non-hydrogen) atoms. The van der Waals surface area contributed by atoms with Crippen molar-refractivity contribution in [1.82, 2.24) is 0 Å². The maximum absolute atomic E-state index is 11.6. The fraction of sp³-hybridized carbons (Fsp3) is 0.688. The van der Waals surface area contributed by atoms with Crippen LogP contribution in [0.25, 0.3) is 0 Å². The molecule has 0 bridgehead atoms. The fourth-order valence-electron chi connectivity index (χ4n) is 3.91. The van der Waals surface area contributed by atoms with E-state index in [4.69, 9.17) is 4.74 Å². The van der Waals surface area contributed by atoms with Gasteiger partial charge >= 0.3 is 0 Å². The van der Waals surface area contributed by atoms with Crippen molar-refractivity contribution in [3.63, 3.8) is 0 Å². The van der Waals surface area contributed by atoms with E-state index < -0.39 is 0 Å². The van der Waals surface area contributed by atoms with Gasteiger partial charge in [-0.1, -0.05) is 19.1 Å². The predicted molar refractivity (Wildman–Crippen MR) is 72.3 cm³/mol. The van der Waals surface area contributed by atoms with Crippen molar-refractivity contribution in [1.29, 1.82) is 0 Å². The quantitative estimate of drug-likeness (QED) is 0.738. The van der Waals surface area contributed by atoms with Gasteiger partial charge in [0.25, 0.3) is 0 Å². The maximum atomic E-state index is 11.6. The van der Waals surface area contributed by atoms with Crippen LogP contribution >= 0.6 is 0 Å². The fourth-order valence-corrected chi connectivity index (χ4v) is 3.91. The Morgan fingerprint density at radius 3 is 2.95 bits per heavy atom. The minimum absolute atomic E-state index is 0.164. The highest BCUT2D eigenvalue weighted by atomic mass is 16.5. The largest absolute Gasteiger partial charge is 0.497 e. The predicted octanol–water partition coefficient (Wildman–Crippen LogP) is 2.46. The first-order chi connectivity index (χ1) is 9.15. The summed E-state index contributed by atoms with van der Waals surface area (Å²) < 4.78 is 5.78. The van der Waals surface area contributed by atoms with Gasteiger partial charge in [-0.25, -0.2) is 0 Å². The minimum Gasteiger partial charge on any atom is -0.497 e. The van der Waals surface area contributed by atoms with Gasteiger partial charge in [-0.3, -0.25) is 4.79 Å². The van der Waals surface area contributed by atoms with E-state index in [0.29, 0.717) is 36.7 Å². The number of ketones is 1. The van der Waals surface area contributed by atoms with Gasteiger partial charge < -0.3 is 9.84 Å². The summed E-state index contributed by atoms with van der Waals surface area (Å²) in [5, 5.41) is 9.82. The smallest absolute Gasteiger partial charge is 0.162 e. The van der Waals surface area contributed by atoms with Crippen LogP contribution < -0.4 is 0 Å². The van der Waals surface area contributed by atoms with Crippen LogP contribution in [0.15, 0.2) is 24.0 Å². The molecular formula is C16H22O3. The molecule has 0 aromatic heterocycles. The maximum Gasteiger partial charge on any atom is 0.162 e. The topological polar surface area (TPSA) is 46.5 Å². The number of rotatable bonds is 1. The number of aliphatic hydroxyl groups excluding tert-OH is 1. The lowest BCUT2D eigenvalue weighted by Crippen LogP contribution is -2.38. The summed E-state index contributed by atoms with van der Waals surface area (Å²) in [7, 11) is 0. The Morgan fingerprint density at radius 1 is 1.32 bits per heavy atom. The van der Waals surface area contributed by atoms with Crippen molar-refractivity contribution < 1.29 is 14.6 Å². The third-order valence-electron chi connectivity index (χ3n) is 4.87. The summed E-state index contributed by atoms with van der Waals surface area (Å²) in [6.07, 6.45) is 9.31. The van der Waals surface area contributed by atoms with Crippen molar-refractivity contribution in [2.45, 2.75) is 38.7 Å². The summed E-state index contributed by atoms with van der Waals surface area (Å²) in [5.41, 5.74) is 0. The van der Waals surface area contributed by atoms with E-state index in [1.54, 1.807) is 6.08 Å². The highest BCUT2D eigenvalue weighted by molar-refractivity contribution is 5.90. The van der Waals surface area contributed by atoms with Gasteiger partial charge in [-0.2, -0.15) is 0 Å². The molecule has 0 amide bonds. The zero-order valence-corrected chi connectivity index (χ0v) is 11.4. The van der Waals surface area contributed by atoms with E-state index in [-0.39, 0.29) is 11.9 Å². The Hall–Kier alpha value is -1.09. The van der Waals surface area contributed by atoms with Crippen molar-refractivity contribution in [3.05, 3.63) is 24.0 Å². The molecule has 0 aromatic carbocycles. The van der Waals surface area contributed by atoms with Gasteiger partial charge in [0.1, 0.15) is 5.76 Å². The molecule has 0 aromatic rings. The lowest BCUT2D eigenvalue weighted by Gasteiger charge is -2.43. The number of allylic oxidation sites excluding steroid dienone is 4. The van der Waals surface area contributed by atoms with E-state index in [1.165, 1.54) is 0 Å². The zero-order valence-electron chi connectivity index (χ0n) is 11.4. The molecule has 1 saturated carbocycles. The number of aliphatic hydroxyl groups is 1. The molecule has 0 radical (unpaired) electrons. The van der Waals surface area contributed by atoms with Crippen LogP contribution in [0.5, 0.6) is 0 Å². The summed E-state index contributed by atoms with van der Waals surface area (Å²) in [6.45, 7) is 2.73. The Morgan fingerprint density at radius 2 is 2.16 bits per heavy atom. The number of ether oxygens (including phenoxy) is 1. The summed E-state index contributed by atoms with van der Waals surface area (Å²) >= 11 is 0. The lowest BCUT2D eigenvalue weighted by atomic mass is 9.64. The highest BCUT2D eigenvalue weighted by Gasteiger charge is 2.41. The Balaban J connectivity index is 1.87. The SMILES string of the molecule is C[C@H]1C=C[C@H]2C[C@H](O)CC[C@H]2[C@@H]1C1=CC(=O)CCO1. The summed E-state index contributed by atoms with van der Waals surface area (Å²) in [4.78, 5) is 11.6. The van der Waals surface area contributed by atoms with E-state index >= 15 is 0 Å². The molecular weight excluding hydrogens is 240 g/mol. The Labute approximate surface area is 114 Å². The molecule has 1 N–H and O–H groups in total. The first kappa shape index (κ1) is 12.9. The second-order valence-electron chi connectivity index (χ2n) is 6.18. The third kappa shape index (κ3) is 2.48. The third-order valence-corrected chi connectivity index (χ3v) is 4.87. The van der Waals surface area contributed by atoms with Crippen LogP contribution in [0, 0.1) is 23.7 Å². The van der Waals surface area contributed by atoms with Gasteiger partial charge in [-0.15, -0.1) is 0 Å². The van der Waals surface area contributed by atoms with Crippen LogP contribution in [0.1, 0.15) is 32.6 Å². The van der Waals surface area contributed by atoms with E-state index in [1.807, 2.05) is 0 Å². The normalized spacial score (nSPS) is 42.3. The summed E-state index contributed by atoms with van der Waals surface area (Å²) in [5.74, 6) is 2.75. The Bertz CT molecular complexity index is 424. The molecule has 2 aliphatic carbocycles. The zero-order chi connectivity index (χ0) is 13.4. The number of hydrogen-bond acceptors (Lipinski definition) is 3. The van der Waals surface area contributed by atoms with Gasteiger partial charge in [0.15, 0.2) is 5.78 Å². The first-order valence-corrected chi connectivity index (χ1v) is 7.39. The second kappa shape index (κ2) is 5.12. The molecule has 3 aliphatic rings. The lowest BCUT2D eigenvalue weighted by molar-refractivity contribution is -0.117. The van der Waals surface area contributed by atoms with Crippen LogP contribution in [0.2, 0.25) is 0 Å². The number of carbonyl (C=O) groups is 1.